The number of nitrogens with one attached hydrogen (secondary N) is 1. The summed E-state index contributed by atoms with van der Waals surface area (Å²) in [4.78, 5) is 22.6. The normalized spacial score (nSPS) is 10.2. The van der Waals surface area contributed by atoms with E-state index >= 15 is 0 Å². The Morgan fingerprint density at radius 2 is 1.76 bits per heavy atom. The maximum absolute atomic E-state index is 12.0. The molecule has 0 unspecified atom stereocenters. The molecule has 2 amide bonds. The number of rotatable bonds is 8. The van der Waals surface area contributed by atoms with Crippen LogP contribution in [-0.2, 0) is 9.59 Å². The number of ether oxygens (including phenoxy) is 2. The van der Waals surface area contributed by atoms with Gasteiger partial charge in [0.05, 0.1) is 13.0 Å². The standard InChI is InChI=1S/C19H22N2O4/c1-13-4-3-5-17(14(13)2)24-11-10-19(23)21-15-6-8-16(9-7-15)25-12-18(20)22/h3-9H,10-12H2,1-2H3,(H2,20,22)(H,21,23). The first-order chi connectivity index (χ1) is 12.0. The molecule has 0 bridgehead atoms. The first-order valence-corrected chi connectivity index (χ1v) is 7.96. The number of benzene rings is 2. The van der Waals surface area contributed by atoms with E-state index in [9.17, 15) is 9.59 Å². The van der Waals surface area contributed by atoms with Crippen LogP contribution in [-0.4, -0.2) is 25.0 Å². The van der Waals surface area contributed by atoms with Gasteiger partial charge in [0.2, 0.25) is 5.91 Å². The number of aryl methyl sites for hydroxylation is 1. The third kappa shape index (κ3) is 5.84. The van der Waals surface area contributed by atoms with Crippen molar-refractivity contribution in [2.75, 3.05) is 18.5 Å². The van der Waals surface area contributed by atoms with Gasteiger partial charge in [-0.3, -0.25) is 9.59 Å². The molecule has 2 aromatic carbocycles. The summed E-state index contributed by atoms with van der Waals surface area (Å²) in [6, 6.07) is 12.5. The second-order valence-corrected chi connectivity index (χ2v) is 5.62. The summed E-state index contributed by atoms with van der Waals surface area (Å²) >= 11 is 0. The highest BCUT2D eigenvalue weighted by atomic mass is 16.5. The molecule has 0 aliphatic carbocycles. The van der Waals surface area contributed by atoms with E-state index in [0.717, 1.165) is 16.9 Å². The molecule has 0 aromatic heterocycles. The second kappa shape index (κ2) is 8.73. The van der Waals surface area contributed by atoms with Gasteiger partial charge in [0.15, 0.2) is 6.61 Å². The molecule has 0 fully saturated rings. The fraction of sp³-hybridized carbons (Fsp3) is 0.263. The summed E-state index contributed by atoms with van der Waals surface area (Å²) in [6.45, 7) is 4.13. The molecule has 0 heterocycles. The minimum atomic E-state index is -0.541. The van der Waals surface area contributed by atoms with Crippen LogP contribution in [0.15, 0.2) is 42.5 Å². The quantitative estimate of drug-likeness (QED) is 0.771. The summed E-state index contributed by atoms with van der Waals surface area (Å²) in [5.74, 6) is 0.621. The van der Waals surface area contributed by atoms with Crippen LogP contribution >= 0.6 is 0 Å². The van der Waals surface area contributed by atoms with Crippen molar-refractivity contribution < 1.29 is 19.1 Å². The van der Waals surface area contributed by atoms with Crippen LogP contribution in [0.2, 0.25) is 0 Å². The summed E-state index contributed by atoms with van der Waals surface area (Å²) in [6.07, 6.45) is 0.243. The van der Waals surface area contributed by atoms with E-state index in [1.54, 1.807) is 24.3 Å². The van der Waals surface area contributed by atoms with Gasteiger partial charge in [0, 0.05) is 5.69 Å². The zero-order valence-electron chi connectivity index (χ0n) is 14.4. The van der Waals surface area contributed by atoms with Crippen LogP contribution in [0.5, 0.6) is 11.5 Å². The van der Waals surface area contributed by atoms with Gasteiger partial charge in [-0.05, 0) is 55.3 Å². The molecule has 0 spiro atoms. The largest absolute Gasteiger partial charge is 0.493 e. The average molecular weight is 342 g/mol. The molecule has 0 saturated heterocycles. The Kier molecular flexibility index (Phi) is 6.39. The van der Waals surface area contributed by atoms with Crippen LogP contribution in [0.25, 0.3) is 0 Å². The van der Waals surface area contributed by atoms with E-state index in [4.69, 9.17) is 15.2 Å². The van der Waals surface area contributed by atoms with Crippen molar-refractivity contribution in [3.8, 4) is 11.5 Å². The van der Waals surface area contributed by atoms with Crippen molar-refractivity contribution >= 4 is 17.5 Å². The fourth-order valence-corrected chi connectivity index (χ4v) is 2.15. The van der Waals surface area contributed by atoms with Gasteiger partial charge in [0.1, 0.15) is 11.5 Å². The van der Waals surface area contributed by atoms with Gasteiger partial charge in [-0.1, -0.05) is 12.1 Å². The zero-order valence-corrected chi connectivity index (χ0v) is 14.4. The second-order valence-electron chi connectivity index (χ2n) is 5.62. The van der Waals surface area contributed by atoms with Crippen LogP contribution in [0.4, 0.5) is 5.69 Å². The van der Waals surface area contributed by atoms with Crippen LogP contribution < -0.4 is 20.5 Å². The minimum Gasteiger partial charge on any atom is -0.493 e. The highest BCUT2D eigenvalue weighted by Gasteiger charge is 2.06. The monoisotopic (exact) mass is 342 g/mol. The number of primary amides is 1. The molecule has 0 aliphatic heterocycles. The Bertz CT molecular complexity index is 742. The first-order valence-electron chi connectivity index (χ1n) is 7.96. The smallest absolute Gasteiger partial charge is 0.255 e. The molecule has 132 valence electrons. The van der Waals surface area contributed by atoms with Gasteiger partial charge in [-0.2, -0.15) is 0 Å². The highest BCUT2D eigenvalue weighted by Crippen LogP contribution is 2.20. The number of hydrogen-bond donors (Lipinski definition) is 2. The third-order valence-electron chi connectivity index (χ3n) is 3.66. The first kappa shape index (κ1) is 18.3. The maximum Gasteiger partial charge on any atom is 0.255 e. The molecular formula is C19H22N2O4. The summed E-state index contributed by atoms with van der Waals surface area (Å²) in [7, 11) is 0. The molecule has 6 nitrogen and oxygen atoms in total. The van der Waals surface area contributed by atoms with E-state index in [0.29, 0.717) is 18.0 Å². The number of carbonyl (C=O) groups excluding carboxylic acids is 2. The molecule has 2 aromatic rings. The van der Waals surface area contributed by atoms with Crippen LogP contribution in [0, 0.1) is 13.8 Å². The predicted octanol–water partition coefficient (Wildman–Crippen LogP) is 2.58. The zero-order chi connectivity index (χ0) is 18.2. The van der Waals surface area contributed by atoms with Crippen LogP contribution in [0.3, 0.4) is 0 Å². The molecule has 6 heteroatoms. The van der Waals surface area contributed by atoms with Gasteiger partial charge in [0.25, 0.3) is 5.91 Å². The molecule has 3 N–H and O–H groups in total. The van der Waals surface area contributed by atoms with E-state index in [1.807, 2.05) is 32.0 Å². The van der Waals surface area contributed by atoms with Crippen molar-refractivity contribution in [2.24, 2.45) is 5.73 Å². The lowest BCUT2D eigenvalue weighted by Gasteiger charge is -2.11. The van der Waals surface area contributed by atoms with E-state index < -0.39 is 5.91 Å². The highest BCUT2D eigenvalue weighted by molar-refractivity contribution is 5.90. The van der Waals surface area contributed by atoms with Gasteiger partial charge < -0.3 is 20.5 Å². The van der Waals surface area contributed by atoms with Crippen LogP contribution in [0.1, 0.15) is 17.5 Å². The van der Waals surface area contributed by atoms with E-state index in [-0.39, 0.29) is 18.9 Å². The van der Waals surface area contributed by atoms with Gasteiger partial charge in [-0.25, -0.2) is 0 Å². The van der Waals surface area contributed by atoms with Gasteiger partial charge in [-0.15, -0.1) is 0 Å². The molecule has 25 heavy (non-hydrogen) atoms. The Balaban J connectivity index is 1.78. The Morgan fingerprint density at radius 1 is 1.04 bits per heavy atom. The third-order valence-corrected chi connectivity index (χ3v) is 3.66. The maximum atomic E-state index is 12.0. The van der Waals surface area contributed by atoms with Crippen molar-refractivity contribution in [1.82, 2.24) is 0 Å². The molecule has 0 aliphatic rings. The molecule has 2 rings (SSSR count). The Labute approximate surface area is 146 Å². The molecule has 0 saturated carbocycles. The van der Waals surface area contributed by atoms with E-state index in [1.165, 1.54) is 0 Å². The van der Waals surface area contributed by atoms with Crippen molar-refractivity contribution in [2.45, 2.75) is 20.3 Å². The summed E-state index contributed by atoms with van der Waals surface area (Å²) in [5, 5.41) is 2.78. The Hall–Kier alpha value is -3.02. The topological polar surface area (TPSA) is 90.7 Å². The number of hydrogen-bond acceptors (Lipinski definition) is 4. The SMILES string of the molecule is Cc1cccc(OCCC(=O)Nc2ccc(OCC(N)=O)cc2)c1C. The molecule has 0 atom stereocenters. The summed E-state index contributed by atoms with van der Waals surface area (Å²) < 4.78 is 10.8. The Morgan fingerprint density at radius 3 is 2.44 bits per heavy atom. The number of anilines is 1. The van der Waals surface area contributed by atoms with Crippen molar-refractivity contribution in [3.05, 3.63) is 53.6 Å². The molecule has 0 radical (unpaired) electrons. The fourth-order valence-electron chi connectivity index (χ4n) is 2.15. The van der Waals surface area contributed by atoms with Gasteiger partial charge >= 0.3 is 0 Å². The predicted molar refractivity (Wildman–Crippen MR) is 95.8 cm³/mol. The van der Waals surface area contributed by atoms with Crippen molar-refractivity contribution in [1.29, 1.82) is 0 Å². The number of amides is 2. The molecular weight excluding hydrogens is 320 g/mol. The summed E-state index contributed by atoms with van der Waals surface area (Å²) in [5.41, 5.74) is 7.88. The number of carbonyl (C=O) groups is 2. The number of nitrogens with two attached hydrogens (primary N) is 1. The lowest BCUT2D eigenvalue weighted by molar-refractivity contribution is -0.120. The lowest BCUT2D eigenvalue weighted by atomic mass is 10.1. The van der Waals surface area contributed by atoms with E-state index in [2.05, 4.69) is 5.32 Å². The minimum absolute atomic E-state index is 0.142. The van der Waals surface area contributed by atoms with Crippen molar-refractivity contribution in [3.63, 3.8) is 0 Å². The lowest BCUT2D eigenvalue weighted by Crippen LogP contribution is -2.20. The average Bonchev–Trinajstić information content (AvgIpc) is 2.58.